The van der Waals surface area contributed by atoms with Crippen molar-refractivity contribution in [3.8, 4) is 0 Å². The molecular formula is C8H19ClN2. The van der Waals surface area contributed by atoms with E-state index in [1.807, 2.05) is 0 Å². The minimum Gasteiger partial charge on any atom is -0.314 e. The largest absolute Gasteiger partial charge is 0.314 e. The van der Waals surface area contributed by atoms with Gasteiger partial charge in [-0.25, -0.2) is 0 Å². The van der Waals surface area contributed by atoms with Gasteiger partial charge in [0.1, 0.15) is 0 Å². The van der Waals surface area contributed by atoms with E-state index >= 15 is 0 Å². The number of nitrogens with one attached hydrogen (secondary N) is 1. The van der Waals surface area contributed by atoms with Crippen LogP contribution in [0.15, 0.2) is 0 Å². The molecule has 0 spiro atoms. The highest BCUT2D eigenvalue weighted by molar-refractivity contribution is 6.20. The lowest BCUT2D eigenvalue weighted by Crippen LogP contribution is -2.30. The van der Waals surface area contributed by atoms with Crippen molar-refractivity contribution in [3.05, 3.63) is 0 Å². The molecule has 0 aromatic carbocycles. The van der Waals surface area contributed by atoms with E-state index < -0.39 is 0 Å². The Morgan fingerprint density at radius 2 is 2.09 bits per heavy atom. The van der Waals surface area contributed by atoms with Gasteiger partial charge in [0.15, 0.2) is 0 Å². The van der Waals surface area contributed by atoms with Crippen LogP contribution in [0.2, 0.25) is 0 Å². The summed E-state index contributed by atoms with van der Waals surface area (Å²) in [5.41, 5.74) is 0. The summed E-state index contributed by atoms with van der Waals surface area (Å²) in [4.78, 5) is 2.15. The molecule has 0 fully saturated rings. The number of nitrogens with zero attached hydrogens (tertiary/aromatic N) is 1. The third-order valence-electron chi connectivity index (χ3n) is 1.54. The van der Waals surface area contributed by atoms with Gasteiger partial charge in [0.2, 0.25) is 0 Å². The third kappa shape index (κ3) is 8.11. The smallest absolute Gasteiger partial charge is 0.0458 e. The molecule has 1 atom stereocenters. The van der Waals surface area contributed by atoms with Crippen LogP contribution >= 0.6 is 11.6 Å². The van der Waals surface area contributed by atoms with Gasteiger partial charge in [0.05, 0.1) is 0 Å². The summed E-state index contributed by atoms with van der Waals surface area (Å²) in [7, 11) is 4.14. The van der Waals surface area contributed by atoms with Gasteiger partial charge in [0, 0.05) is 25.0 Å². The summed E-state index contributed by atoms with van der Waals surface area (Å²) in [6.07, 6.45) is 1.04. The maximum atomic E-state index is 5.90. The van der Waals surface area contributed by atoms with Gasteiger partial charge in [-0.05, 0) is 20.5 Å². The van der Waals surface area contributed by atoms with E-state index in [2.05, 4.69) is 31.2 Å². The zero-order valence-electron chi connectivity index (χ0n) is 7.73. The molecule has 0 radical (unpaired) electrons. The maximum absolute atomic E-state index is 5.90. The molecule has 68 valence electrons. The van der Waals surface area contributed by atoms with Crippen molar-refractivity contribution >= 4 is 11.6 Å². The summed E-state index contributed by atoms with van der Waals surface area (Å²) in [6, 6.07) is 0. The van der Waals surface area contributed by atoms with Crippen LogP contribution in [0, 0.1) is 0 Å². The van der Waals surface area contributed by atoms with Crippen LogP contribution in [0.5, 0.6) is 0 Å². The molecule has 0 saturated carbocycles. The second-order valence-electron chi connectivity index (χ2n) is 3.01. The molecule has 0 aromatic heterocycles. The molecule has 0 bridgehead atoms. The Labute approximate surface area is 74.9 Å². The van der Waals surface area contributed by atoms with Crippen LogP contribution in [0.25, 0.3) is 0 Å². The van der Waals surface area contributed by atoms with Crippen molar-refractivity contribution in [2.45, 2.75) is 18.7 Å². The zero-order chi connectivity index (χ0) is 8.69. The fourth-order valence-electron chi connectivity index (χ4n) is 0.706. The molecule has 0 aliphatic carbocycles. The molecule has 0 aromatic rings. The van der Waals surface area contributed by atoms with Crippen LogP contribution in [0.4, 0.5) is 0 Å². The average molecular weight is 179 g/mol. The SMILES string of the molecule is CCC(Cl)CNCCN(C)C. The standard InChI is InChI=1S/C8H19ClN2/c1-4-8(9)7-10-5-6-11(2)3/h8,10H,4-7H2,1-3H3. The van der Waals surface area contributed by atoms with Crippen molar-refractivity contribution in [1.82, 2.24) is 10.2 Å². The second-order valence-corrected chi connectivity index (χ2v) is 3.63. The zero-order valence-corrected chi connectivity index (χ0v) is 8.49. The predicted octanol–water partition coefficient (Wildman–Crippen LogP) is 1.15. The van der Waals surface area contributed by atoms with Crippen LogP contribution in [-0.2, 0) is 0 Å². The number of halogens is 1. The quantitative estimate of drug-likeness (QED) is 0.485. The second kappa shape index (κ2) is 6.89. The van der Waals surface area contributed by atoms with Crippen molar-refractivity contribution in [2.24, 2.45) is 0 Å². The highest BCUT2D eigenvalue weighted by Gasteiger charge is 1.98. The Hall–Kier alpha value is 0.210. The van der Waals surface area contributed by atoms with Crippen LogP contribution in [0.1, 0.15) is 13.3 Å². The molecule has 1 unspecified atom stereocenters. The van der Waals surface area contributed by atoms with Gasteiger partial charge >= 0.3 is 0 Å². The fraction of sp³-hybridized carbons (Fsp3) is 1.00. The lowest BCUT2D eigenvalue weighted by molar-refractivity contribution is 0.400. The Morgan fingerprint density at radius 1 is 1.45 bits per heavy atom. The fourth-order valence-corrected chi connectivity index (χ4v) is 0.815. The predicted molar refractivity (Wildman–Crippen MR) is 51.4 cm³/mol. The first kappa shape index (κ1) is 11.2. The molecule has 0 aliphatic heterocycles. The summed E-state index contributed by atoms with van der Waals surface area (Å²) in [6.45, 7) is 5.13. The minimum absolute atomic E-state index is 0.289. The monoisotopic (exact) mass is 178 g/mol. The molecule has 0 aliphatic rings. The van der Waals surface area contributed by atoms with E-state index in [-0.39, 0.29) is 5.38 Å². The molecule has 1 N–H and O–H groups in total. The number of rotatable bonds is 6. The number of hydrogen-bond donors (Lipinski definition) is 1. The van der Waals surface area contributed by atoms with Crippen LogP contribution in [0.3, 0.4) is 0 Å². The first-order valence-corrected chi connectivity index (χ1v) is 4.60. The topological polar surface area (TPSA) is 15.3 Å². The van der Waals surface area contributed by atoms with E-state index in [0.29, 0.717) is 0 Å². The minimum atomic E-state index is 0.289. The number of hydrogen-bond acceptors (Lipinski definition) is 2. The first-order valence-electron chi connectivity index (χ1n) is 4.16. The molecule has 3 heteroatoms. The Bertz CT molecular complexity index is 86.2. The van der Waals surface area contributed by atoms with Gasteiger partial charge < -0.3 is 10.2 Å². The molecule has 0 heterocycles. The van der Waals surface area contributed by atoms with E-state index in [9.17, 15) is 0 Å². The van der Waals surface area contributed by atoms with Crippen molar-refractivity contribution < 1.29 is 0 Å². The van der Waals surface area contributed by atoms with E-state index in [1.54, 1.807) is 0 Å². The van der Waals surface area contributed by atoms with Crippen LogP contribution < -0.4 is 5.32 Å². The Morgan fingerprint density at radius 3 is 2.55 bits per heavy atom. The van der Waals surface area contributed by atoms with Gasteiger partial charge in [-0.1, -0.05) is 6.92 Å². The van der Waals surface area contributed by atoms with E-state index in [0.717, 1.165) is 26.1 Å². The molecular weight excluding hydrogens is 160 g/mol. The molecule has 0 rings (SSSR count). The molecule has 11 heavy (non-hydrogen) atoms. The van der Waals surface area contributed by atoms with E-state index in [4.69, 9.17) is 11.6 Å². The number of likely N-dealkylation sites (N-methyl/N-ethyl adjacent to an activating group) is 1. The molecule has 0 saturated heterocycles. The third-order valence-corrected chi connectivity index (χ3v) is 2.01. The lowest BCUT2D eigenvalue weighted by Gasteiger charge is -2.11. The van der Waals surface area contributed by atoms with Gasteiger partial charge in [0.25, 0.3) is 0 Å². The Balaban J connectivity index is 3.01. The number of alkyl halides is 1. The lowest BCUT2D eigenvalue weighted by atomic mass is 10.3. The van der Waals surface area contributed by atoms with Gasteiger partial charge in [-0.15, -0.1) is 11.6 Å². The first-order chi connectivity index (χ1) is 5.16. The van der Waals surface area contributed by atoms with Crippen LogP contribution in [-0.4, -0.2) is 44.0 Å². The normalized spacial score (nSPS) is 13.9. The summed E-state index contributed by atoms with van der Waals surface area (Å²) in [5.74, 6) is 0. The van der Waals surface area contributed by atoms with Gasteiger partial charge in [-0.3, -0.25) is 0 Å². The van der Waals surface area contributed by atoms with E-state index in [1.165, 1.54) is 0 Å². The maximum Gasteiger partial charge on any atom is 0.0458 e. The van der Waals surface area contributed by atoms with Crippen molar-refractivity contribution in [1.29, 1.82) is 0 Å². The van der Waals surface area contributed by atoms with Crippen molar-refractivity contribution in [2.75, 3.05) is 33.7 Å². The Kier molecular flexibility index (Phi) is 7.02. The molecule has 0 amide bonds. The average Bonchev–Trinajstić information content (AvgIpc) is 1.97. The van der Waals surface area contributed by atoms with Gasteiger partial charge in [-0.2, -0.15) is 0 Å². The highest BCUT2D eigenvalue weighted by Crippen LogP contribution is 1.97. The summed E-state index contributed by atoms with van der Waals surface area (Å²) < 4.78 is 0. The molecule has 2 nitrogen and oxygen atoms in total. The highest BCUT2D eigenvalue weighted by atomic mass is 35.5. The summed E-state index contributed by atoms with van der Waals surface area (Å²) in [5, 5.41) is 3.58. The summed E-state index contributed by atoms with van der Waals surface area (Å²) >= 11 is 5.90. The van der Waals surface area contributed by atoms with Crippen molar-refractivity contribution in [3.63, 3.8) is 0 Å².